The number of esters is 1. The normalized spacial score (nSPS) is 24.4. The van der Waals surface area contributed by atoms with Crippen LogP contribution in [-0.4, -0.2) is 28.9 Å². The summed E-state index contributed by atoms with van der Waals surface area (Å²) in [5.74, 6) is -1.05. The van der Waals surface area contributed by atoms with Gasteiger partial charge in [0, 0.05) is 5.38 Å². The molecule has 1 atom stereocenters. The van der Waals surface area contributed by atoms with E-state index in [0.717, 1.165) is 5.01 Å². The van der Waals surface area contributed by atoms with E-state index < -0.39 is 17.4 Å². The Kier molecular flexibility index (Phi) is 3.68. The quantitative estimate of drug-likeness (QED) is 0.799. The summed E-state index contributed by atoms with van der Waals surface area (Å²) < 4.78 is 16.7. The fourth-order valence-electron chi connectivity index (χ4n) is 2.19. The molecule has 0 bridgehead atoms. The van der Waals surface area contributed by atoms with Gasteiger partial charge in [0.2, 0.25) is 0 Å². The first kappa shape index (κ1) is 14.4. The predicted octanol–water partition coefficient (Wildman–Crippen LogP) is 2.92. The highest BCUT2D eigenvalue weighted by molar-refractivity contribution is 7.09. The van der Waals surface area contributed by atoms with Crippen molar-refractivity contribution < 1.29 is 19.0 Å². The summed E-state index contributed by atoms with van der Waals surface area (Å²) in [6.45, 7) is 9.76. The molecular weight excluding hydrogens is 266 g/mol. The zero-order valence-corrected chi connectivity index (χ0v) is 12.7. The monoisotopic (exact) mass is 285 g/mol. The number of aromatic nitrogens is 1. The number of carbonyl (C=O) groups is 1. The molecule has 1 fully saturated rings. The van der Waals surface area contributed by atoms with E-state index in [9.17, 15) is 4.79 Å². The molecule has 0 aliphatic carbocycles. The molecule has 0 aromatic carbocycles. The van der Waals surface area contributed by atoms with Crippen LogP contribution in [0.25, 0.3) is 0 Å². The van der Waals surface area contributed by atoms with Gasteiger partial charge in [0.15, 0.2) is 11.5 Å². The molecular formula is C13H19NO4S. The summed E-state index contributed by atoms with van der Waals surface area (Å²) in [6.07, 6.45) is -0.282. The fraction of sp³-hybridized carbons (Fsp3) is 0.692. The van der Waals surface area contributed by atoms with Crippen LogP contribution in [-0.2, 0) is 14.2 Å². The van der Waals surface area contributed by atoms with Crippen LogP contribution < -0.4 is 0 Å². The zero-order valence-electron chi connectivity index (χ0n) is 11.9. The summed E-state index contributed by atoms with van der Waals surface area (Å²) in [7, 11) is 0. The Balaban J connectivity index is 2.21. The van der Waals surface area contributed by atoms with Crippen molar-refractivity contribution in [3.05, 3.63) is 16.1 Å². The first-order valence-corrected chi connectivity index (χ1v) is 7.13. The highest BCUT2D eigenvalue weighted by Gasteiger charge is 2.49. The van der Waals surface area contributed by atoms with E-state index in [-0.39, 0.29) is 6.10 Å². The van der Waals surface area contributed by atoms with Gasteiger partial charge in [0.25, 0.3) is 0 Å². The van der Waals surface area contributed by atoms with Crippen molar-refractivity contribution in [2.45, 2.75) is 52.1 Å². The van der Waals surface area contributed by atoms with Crippen LogP contribution in [0, 0.1) is 0 Å². The maximum Gasteiger partial charge on any atom is 0.357 e. The lowest BCUT2D eigenvalue weighted by Gasteiger charge is -2.22. The van der Waals surface area contributed by atoms with E-state index in [2.05, 4.69) is 4.98 Å². The molecule has 0 amide bonds. The topological polar surface area (TPSA) is 57.7 Å². The number of thiazole rings is 1. The molecule has 1 aliphatic heterocycles. The Hall–Kier alpha value is -0.980. The molecule has 19 heavy (non-hydrogen) atoms. The molecule has 106 valence electrons. The minimum absolute atomic E-state index is 0.282. The minimum Gasteiger partial charge on any atom is -0.461 e. The van der Waals surface area contributed by atoms with E-state index in [1.807, 2.05) is 27.7 Å². The number of nitrogens with zero attached hydrogens (tertiary/aromatic N) is 1. The van der Waals surface area contributed by atoms with E-state index in [1.165, 1.54) is 11.3 Å². The molecule has 0 unspecified atom stereocenters. The third-order valence-electron chi connectivity index (χ3n) is 2.77. The van der Waals surface area contributed by atoms with Crippen LogP contribution in [0.3, 0.4) is 0 Å². The third kappa shape index (κ3) is 2.96. The molecule has 1 aromatic heterocycles. The van der Waals surface area contributed by atoms with Gasteiger partial charge in [-0.2, -0.15) is 0 Å². The number of hydrogen-bond acceptors (Lipinski definition) is 6. The molecule has 0 radical (unpaired) electrons. The van der Waals surface area contributed by atoms with Gasteiger partial charge >= 0.3 is 5.97 Å². The maximum absolute atomic E-state index is 11.6. The molecule has 1 aromatic rings. The van der Waals surface area contributed by atoms with Gasteiger partial charge in [-0.3, -0.25) is 0 Å². The van der Waals surface area contributed by atoms with Crippen LogP contribution >= 0.6 is 11.3 Å². The van der Waals surface area contributed by atoms with Gasteiger partial charge < -0.3 is 14.2 Å². The number of rotatable bonds is 3. The maximum atomic E-state index is 11.6. The first-order chi connectivity index (χ1) is 8.75. The number of ether oxygens (including phenoxy) is 3. The van der Waals surface area contributed by atoms with Crippen molar-refractivity contribution in [2.24, 2.45) is 0 Å². The average Bonchev–Trinajstić information content (AvgIpc) is 2.80. The first-order valence-electron chi connectivity index (χ1n) is 6.26. The van der Waals surface area contributed by atoms with Gasteiger partial charge in [-0.05, 0) is 34.6 Å². The molecule has 6 heteroatoms. The standard InChI is InChI=1S/C13H19NO4S/c1-6-16-11(15)8-7-19-10(14-8)9-12(2,3)18-13(4,5)17-9/h7,9H,6H2,1-5H3/t9-/m1/s1. The van der Waals surface area contributed by atoms with Crippen molar-refractivity contribution in [3.8, 4) is 0 Å². The lowest BCUT2D eigenvalue weighted by atomic mass is 10.0. The molecule has 2 heterocycles. The van der Waals surface area contributed by atoms with Crippen molar-refractivity contribution >= 4 is 17.3 Å². The van der Waals surface area contributed by atoms with Crippen molar-refractivity contribution in [3.63, 3.8) is 0 Å². The predicted molar refractivity (Wildman–Crippen MR) is 71.1 cm³/mol. The van der Waals surface area contributed by atoms with Crippen LogP contribution in [0.15, 0.2) is 5.38 Å². The molecule has 5 nitrogen and oxygen atoms in total. The Bertz CT molecular complexity index is 481. The summed E-state index contributed by atoms with van der Waals surface area (Å²) in [5.41, 5.74) is -0.154. The fourth-order valence-corrected chi connectivity index (χ4v) is 3.18. The lowest BCUT2D eigenvalue weighted by Crippen LogP contribution is -2.28. The van der Waals surface area contributed by atoms with Crippen LogP contribution in [0.2, 0.25) is 0 Å². The van der Waals surface area contributed by atoms with Crippen molar-refractivity contribution in [1.29, 1.82) is 0 Å². The van der Waals surface area contributed by atoms with Gasteiger partial charge in [0.05, 0.1) is 12.2 Å². The zero-order chi connectivity index (χ0) is 14.3. The van der Waals surface area contributed by atoms with E-state index >= 15 is 0 Å². The molecule has 1 aliphatic rings. The van der Waals surface area contributed by atoms with E-state index in [1.54, 1.807) is 12.3 Å². The minimum atomic E-state index is -0.649. The van der Waals surface area contributed by atoms with E-state index in [4.69, 9.17) is 14.2 Å². The second-order valence-corrected chi connectivity index (χ2v) is 6.28. The van der Waals surface area contributed by atoms with Gasteiger partial charge in [0.1, 0.15) is 11.1 Å². The largest absolute Gasteiger partial charge is 0.461 e. The molecule has 1 saturated heterocycles. The van der Waals surface area contributed by atoms with Crippen molar-refractivity contribution in [2.75, 3.05) is 6.61 Å². The highest BCUT2D eigenvalue weighted by atomic mass is 32.1. The second kappa shape index (κ2) is 4.85. The van der Waals surface area contributed by atoms with Crippen LogP contribution in [0.4, 0.5) is 0 Å². The Labute approximate surface area is 116 Å². The summed E-state index contributed by atoms with van der Waals surface area (Å²) in [4.78, 5) is 15.9. The molecule has 0 N–H and O–H groups in total. The van der Waals surface area contributed by atoms with Crippen LogP contribution in [0.1, 0.15) is 56.2 Å². The molecule has 0 spiro atoms. The Morgan fingerprint density at radius 1 is 1.47 bits per heavy atom. The SMILES string of the molecule is CCOC(=O)c1csc([C@H]2OC(C)(C)OC2(C)C)n1. The third-order valence-corrected chi connectivity index (χ3v) is 3.66. The average molecular weight is 285 g/mol. The van der Waals surface area contributed by atoms with Gasteiger partial charge in [-0.1, -0.05) is 0 Å². The lowest BCUT2D eigenvalue weighted by molar-refractivity contribution is -0.157. The van der Waals surface area contributed by atoms with Gasteiger partial charge in [-0.15, -0.1) is 11.3 Å². The second-order valence-electron chi connectivity index (χ2n) is 5.39. The summed E-state index contributed by atoms with van der Waals surface area (Å²) in [5, 5.41) is 2.43. The number of hydrogen-bond donors (Lipinski definition) is 0. The van der Waals surface area contributed by atoms with Gasteiger partial charge in [-0.25, -0.2) is 9.78 Å². The molecule has 2 rings (SSSR count). The highest BCUT2D eigenvalue weighted by Crippen LogP contribution is 2.45. The summed E-state index contributed by atoms with van der Waals surface area (Å²) >= 11 is 1.39. The smallest absolute Gasteiger partial charge is 0.357 e. The number of carbonyl (C=O) groups excluding carboxylic acids is 1. The van der Waals surface area contributed by atoms with Crippen LogP contribution in [0.5, 0.6) is 0 Å². The Morgan fingerprint density at radius 2 is 2.16 bits per heavy atom. The molecule has 0 saturated carbocycles. The van der Waals surface area contributed by atoms with Crippen molar-refractivity contribution in [1.82, 2.24) is 4.98 Å². The Morgan fingerprint density at radius 3 is 2.68 bits per heavy atom. The summed E-state index contributed by atoms with van der Waals surface area (Å²) in [6, 6.07) is 0. The van der Waals surface area contributed by atoms with E-state index in [0.29, 0.717) is 12.3 Å².